The smallest absolute Gasteiger partial charge is 0.246 e. The minimum absolute atomic E-state index is 0.428. The summed E-state index contributed by atoms with van der Waals surface area (Å²) in [5.41, 5.74) is 1.28. The van der Waals surface area contributed by atoms with Crippen LogP contribution in [0, 0.1) is 10.2 Å². The van der Waals surface area contributed by atoms with Crippen molar-refractivity contribution in [2.24, 2.45) is 0 Å². The van der Waals surface area contributed by atoms with Crippen molar-refractivity contribution < 1.29 is 33.5 Å². The molecule has 1 N–H and O–H groups in total. The van der Waals surface area contributed by atoms with Crippen LogP contribution in [0.5, 0.6) is 0 Å². The Morgan fingerprint density at radius 3 is 2.41 bits per heavy atom. The lowest BCUT2D eigenvalue weighted by molar-refractivity contribution is -2.00. The standard InChI is InChI=1S/C13H12N2S2.ClHO4/c1-16-13-15-9-5-8-14-12(15)11(17-13)10-6-3-2-4-7-10;2-1(3,4)5/h2-9,13H,1H3;(H,2,3,4,5). The van der Waals surface area contributed by atoms with Gasteiger partial charge in [-0.25, -0.2) is 28.5 Å². The quantitative estimate of drug-likeness (QED) is 0.617. The number of rotatable bonds is 2. The molecule has 0 amide bonds. The van der Waals surface area contributed by atoms with Gasteiger partial charge in [0.1, 0.15) is 4.91 Å². The number of benzene rings is 1. The fraction of sp³-hybridized carbons (Fsp3) is 0.154. The van der Waals surface area contributed by atoms with Gasteiger partial charge in [0.15, 0.2) is 4.71 Å². The average Bonchev–Trinajstić information content (AvgIpc) is 2.85. The molecule has 2 aliphatic rings. The Morgan fingerprint density at radius 1 is 1.18 bits per heavy atom. The lowest BCUT2D eigenvalue weighted by Gasteiger charge is -2.17. The van der Waals surface area contributed by atoms with E-state index in [1.807, 2.05) is 35.8 Å². The molecule has 9 heteroatoms. The monoisotopic (exact) mass is 360 g/mol. The highest BCUT2D eigenvalue weighted by Crippen LogP contribution is 2.44. The second kappa shape index (κ2) is 7.51. The number of hydrogen-bond acceptors (Lipinski definition) is 7. The summed E-state index contributed by atoms with van der Waals surface area (Å²) in [6, 6.07) is 10.6. The van der Waals surface area contributed by atoms with E-state index in [4.69, 9.17) is 18.6 Å². The normalized spacial score (nSPS) is 19.9. The zero-order chi connectivity index (χ0) is 16.2. The Hall–Kier alpha value is -1.00. The zero-order valence-electron chi connectivity index (χ0n) is 11.5. The molecule has 118 valence electrons. The molecule has 0 fully saturated rings. The first-order valence-electron chi connectivity index (χ1n) is 6.06. The molecule has 0 aromatic heterocycles. The van der Waals surface area contributed by atoms with E-state index in [0.29, 0.717) is 4.71 Å². The lowest BCUT2D eigenvalue weighted by atomic mass is 10.2. The van der Waals surface area contributed by atoms with Gasteiger partial charge in [0.2, 0.25) is 0 Å². The van der Waals surface area contributed by atoms with Crippen LogP contribution in [-0.2, 0) is 0 Å². The van der Waals surface area contributed by atoms with Gasteiger partial charge in [0, 0.05) is 6.08 Å². The van der Waals surface area contributed by atoms with E-state index in [1.54, 1.807) is 0 Å². The fourth-order valence-electron chi connectivity index (χ4n) is 1.94. The number of fused-ring (bicyclic) bond motifs is 1. The molecule has 1 atom stereocenters. The van der Waals surface area contributed by atoms with Crippen molar-refractivity contribution in [2.75, 3.05) is 6.26 Å². The molecule has 2 heterocycles. The van der Waals surface area contributed by atoms with E-state index in [-0.39, 0.29) is 0 Å². The van der Waals surface area contributed by atoms with Crippen molar-refractivity contribution in [2.45, 2.75) is 4.71 Å². The summed E-state index contributed by atoms with van der Waals surface area (Å²) < 4.78 is 36.7. The van der Waals surface area contributed by atoms with E-state index in [2.05, 4.69) is 52.7 Å². The highest BCUT2D eigenvalue weighted by Gasteiger charge is 2.36. The topological polar surface area (TPSA) is 107 Å². The third-order valence-corrected chi connectivity index (χ3v) is 5.31. The third-order valence-electron chi connectivity index (χ3n) is 2.72. The van der Waals surface area contributed by atoms with Gasteiger partial charge in [-0.2, -0.15) is 0 Å². The predicted octanol–water partition coefficient (Wildman–Crippen LogP) is -1.85. The van der Waals surface area contributed by atoms with E-state index in [1.165, 1.54) is 16.3 Å². The lowest BCUT2D eigenvalue weighted by Crippen LogP contribution is -2.68. The Balaban J connectivity index is 0.000000309. The fourth-order valence-corrected chi connectivity index (χ4v) is 4.06. The zero-order valence-corrected chi connectivity index (χ0v) is 13.9. The van der Waals surface area contributed by atoms with Gasteiger partial charge in [-0.15, -0.1) is 22.0 Å². The van der Waals surface area contributed by atoms with Gasteiger partial charge in [-0.3, -0.25) is 0 Å². The van der Waals surface area contributed by atoms with Crippen molar-refractivity contribution in [1.29, 1.82) is 0 Å². The first-order chi connectivity index (χ1) is 10.4. The van der Waals surface area contributed by atoms with Crippen LogP contribution in [0.25, 0.3) is 4.91 Å². The maximum absolute atomic E-state index is 8.49. The maximum Gasteiger partial charge on any atom is 0.295 e. The molecular formula is C13H13ClN2O4S2. The second-order valence-electron chi connectivity index (χ2n) is 4.14. The van der Waals surface area contributed by atoms with Crippen LogP contribution in [0.15, 0.2) is 48.4 Å². The second-order valence-corrected chi connectivity index (χ2v) is 7.20. The number of nitrogens with one attached hydrogen (secondary N) is 1. The molecular weight excluding hydrogens is 348 g/mol. The molecule has 2 aliphatic heterocycles. The summed E-state index contributed by atoms with van der Waals surface area (Å²) in [6.45, 7) is 0. The first-order valence-corrected chi connectivity index (χ1v) is 9.46. The van der Waals surface area contributed by atoms with Crippen molar-refractivity contribution in [3.63, 3.8) is 0 Å². The molecule has 0 radical (unpaired) electrons. The highest BCUT2D eigenvalue weighted by atomic mass is 35.7. The molecule has 0 saturated carbocycles. The molecule has 0 saturated heterocycles. The highest BCUT2D eigenvalue weighted by molar-refractivity contribution is 8.21. The molecule has 3 rings (SSSR count). The van der Waals surface area contributed by atoms with Gasteiger partial charge in [-0.05, 0) is 11.8 Å². The van der Waals surface area contributed by atoms with Crippen molar-refractivity contribution in [3.05, 3.63) is 54.0 Å². The van der Waals surface area contributed by atoms with Crippen LogP contribution in [-0.4, -0.2) is 21.8 Å². The van der Waals surface area contributed by atoms with Gasteiger partial charge < -0.3 is 0 Å². The van der Waals surface area contributed by atoms with Crippen molar-refractivity contribution in [1.82, 2.24) is 5.32 Å². The Morgan fingerprint density at radius 2 is 1.82 bits per heavy atom. The van der Waals surface area contributed by atoms with Crippen LogP contribution in [0.1, 0.15) is 5.56 Å². The number of allylic oxidation sites excluding steroid dienone is 1. The first kappa shape index (κ1) is 17.4. The number of halogens is 1. The number of hydrogen-bond donors (Lipinski definition) is 1. The minimum Gasteiger partial charge on any atom is -0.246 e. The van der Waals surface area contributed by atoms with Crippen LogP contribution in [0.2, 0.25) is 0 Å². The number of nitrogens with zero attached hydrogens (tertiary/aromatic N) is 1. The summed E-state index contributed by atoms with van der Waals surface area (Å²) in [7, 11) is -4.94. The van der Waals surface area contributed by atoms with Gasteiger partial charge in [0.05, 0.1) is 12.4 Å². The largest absolute Gasteiger partial charge is 0.295 e. The Labute approximate surface area is 138 Å². The number of thioether (sulfide) groups is 2. The molecule has 1 aromatic rings. The molecule has 0 bridgehead atoms. The molecule has 1 unspecified atom stereocenters. The van der Waals surface area contributed by atoms with E-state index < -0.39 is 10.2 Å². The van der Waals surface area contributed by atoms with Crippen LogP contribution in [0.3, 0.4) is 0 Å². The summed E-state index contributed by atoms with van der Waals surface area (Å²) in [4.78, 5) is 1.32. The van der Waals surface area contributed by atoms with E-state index >= 15 is 0 Å². The molecule has 22 heavy (non-hydrogen) atoms. The Kier molecular flexibility index (Phi) is 5.93. The van der Waals surface area contributed by atoms with Gasteiger partial charge in [-0.1, -0.05) is 42.1 Å². The van der Waals surface area contributed by atoms with Crippen molar-refractivity contribution >= 4 is 34.6 Å². The summed E-state index contributed by atoms with van der Waals surface area (Å²) in [6.07, 6.45) is 8.31. The molecule has 0 spiro atoms. The van der Waals surface area contributed by atoms with E-state index in [0.717, 1.165) is 0 Å². The summed E-state index contributed by atoms with van der Waals surface area (Å²) in [5, 5.41) is 3.35. The summed E-state index contributed by atoms with van der Waals surface area (Å²) in [5.74, 6) is 1.20. The molecule has 1 aromatic carbocycles. The van der Waals surface area contributed by atoms with E-state index in [9.17, 15) is 0 Å². The van der Waals surface area contributed by atoms with Gasteiger partial charge >= 0.3 is 0 Å². The molecule has 0 aliphatic carbocycles. The average molecular weight is 361 g/mol. The molecule has 6 nitrogen and oxygen atoms in total. The van der Waals surface area contributed by atoms with Crippen LogP contribution in [0.4, 0.5) is 0 Å². The van der Waals surface area contributed by atoms with Gasteiger partial charge in [0.25, 0.3) is 5.82 Å². The van der Waals surface area contributed by atoms with Crippen molar-refractivity contribution in [3.8, 4) is 0 Å². The van der Waals surface area contributed by atoms with Crippen LogP contribution < -0.4 is 24.0 Å². The SMILES string of the molecule is CSC1SC(c2ccccc2)=C2NC=CC=[N+]21.[O-][Cl+3]([O-])([O-])[O-]. The summed E-state index contributed by atoms with van der Waals surface area (Å²) >= 11 is 3.76. The third kappa shape index (κ3) is 4.75. The Bertz CT molecular complexity index is 608. The maximum atomic E-state index is 8.49. The van der Waals surface area contributed by atoms with Crippen LogP contribution >= 0.6 is 23.5 Å². The predicted molar refractivity (Wildman–Crippen MR) is 76.9 cm³/mol. The minimum atomic E-state index is -4.94.